The second-order valence-corrected chi connectivity index (χ2v) is 7.02. The molecule has 23 heavy (non-hydrogen) atoms. The number of carbonyl (C=O) groups excluding carboxylic acids is 1. The number of ether oxygens (including phenoxy) is 1. The molecule has 1 fully saturated rings. The Hall–Kier alpha value is -1.35. The van der Waals surface area contributed by atoms with Crippen LogP contribution in [-0.2, 0) is 19.6 Å². The monoisotopic (exact) mass is 363 g/mol. The zero-order valence-corrected chi connectivity index (χ0v) is 14.6. The number of halogens is 1. The maximum atomic E-state index is 11.8. The van der Waals surface area contributed by atoms with E-state index in [0.717, 1.165) is 0 Å². The Balaban J connectivity index is 0.00000264. The summed E-state index contributed by atoms with van der Waals surface area (Å²) in [5.74, 6) is 0.0381. The van der Waals surface area contributed by atoms with E-state index in [4.69, 9.17) is 4.74 Å². The number of nitrogens with one attached hydrogen (secondary N) is 2. The smallest absolute Gasteiger partial charge is 0.238 e. The molecule has 9 heteroatoms. The minimum Gasteiger partial charge on any atom is -0.383 e. The Morgan fingerprint density at radius 3 is 2.57 bits per heavy atom. The highest BCUT2D eigenvalue weighted by atomic mass is 35.5. The highest BCUT2D eigenvalue weighted by molar-refractivity contribution is 7.93. The summed E-state index contributed by atoms with van der Waals surface area (Å²) in [6, 6.07) is 6.82. The van der Waals surface area contributed by atoms with Crippen molar-refractivity contribution in [2.24, 2.45) is 0 Å². The molecule has 1 heterocycles. The summed E-state index contributed by atoms with van der Waals surface area (Å²) in [6.45, 7) is 1.87. The number of hydrogen-bond acceptors (Lipinski definition) is 5. The molecule has 1 aromatic rings. The molecule has 2 N–H and O–H groups in total. The summed E-state index contributed by atoms with van der Waals surface area (Å²) in [5, 5.41) is 5.70. The summed E-state index contributed by atoms with van der Waals surface area (Å²) in [4.78, 5) is 11.7. The molecule has 0 radical (unpaired) electrons. The number of methoxy groups -OCH3 is 1. The van der Waals surface area contributed by atoms with Crippen LogP contribution in [0.3, 0.4) is 0 Å². The summed E-state index contributed by atoms with van der Waals surface area (Å²) in [6.07, 6.45) is 0.647. The Labute approximate surface area is 142 Å². The van der Waals surface area contributed by atoms with Gasteiger partial charge in [0.2, 0.25) is 15.9 Å². The van der Waals surface area contributed by atoms with E-state index in [-0.39, 0.29) is 30.6 Å². The van der Waals surface area contributed by atoms with E-state index in [1.165, 1.54) is 4.31 Å². The summed E-state index contributed by atoms with van der Waals surface area (Å²) in [5.41, 5.74) is 1.27. The molecular formula is C14H22ClN3O4S. The Bertz CT molecular complexity index is 607. The van der Waals surface area contributed by atoms with E-state index in [0.29, 0.717) is 37.5 Å². The predicted molar refractivity (Wildman–Crippen MR) is 92.8 cm³/mol. The van der Waals surface area contributed by atoms with Gasteiger partial charge in [-0.1, -0.05) is 0 Å². The summed E-state index contributed by atoms with van der Waals surface area (Å²) < 4.78 is 29.9. The fraction of sp³-hybridized carbons (Fsp3) is 0.500. The van der Waals surface area contributed by atoms with Gasteiger partial charge in [0.25, 0.3) is 0 Å². The van der Waals surface area contributed by atoms with Crippen molar-refractivity contribution in [3.63, 3.8) is 0 Å². The topological polar surface area (TPSA) is 87.7 Å². The lowest BCUT2D eigenvalue weighted by Gasteiger charge is -2.17. The molecule has 0 aromatic heterocycles. The Morgan fingerprint density at radius 1 is 1.30 bits per heavy atom. The fourth-order valence-corrected chi connectivity index (χ4v) is 3.79. The van der Waals surface area contributed by atoms with E-state index in [9.17, 15) is 13.2 Å². The molecule has 1 saturated heterocycles. The quantitative estimate of drug-likeness (QED) is 0.700. The zero-order chi connectivity index (χ0) is 16.0. The first kappa shape index (κ1) is 19.7. The van der Waals surface area contributed by atoms with Gasteiger partial charge in [0.15, 0.2) is 0 Å². The maximum absolute atomic E-state index is 11.8. The Morgan fingerprint density at radius 2 is 2.00 bits per heavy atom. The second-order valence-electron chi connectivity index (χ2n) is 5.01. The average Bonchev–Trinajstić information content (AvgIpc) is 2.84. The number of rotatable bonds is 7. The van der Waals surface area contributed by atoms with Crippen molar-refractivity contribution in [3.05, 3.63) is 24.3 Å². The average molecular weight is 364 g/mol. The van der Waals surface area contributed by atoms with Crippen LogP contribution in [0.5, 0.6) is 0 Å². The van der Waals surface area contributed by atoms with Gasteiger partial charge >= 0.3 is 0 Å². The van der Waals surface area contributed by atoms with E-state index in [2.05, 4.69) is 10.6 Å². The number of nitrogens with zero attached hydrogens (tertiary/aromatic N) is 1. The van der Waals surface area contributed by atoms with Gasteiger partial charge in [0, 0.05) is 25.9 Å². The number of amides is 1. The molecule has 1 amide bonds. The molecule has 2 rings (SSSR count). The summed E-state index contributed by atoms with van der Waals surface area (Å²) >= 11 is 0. The first-order valence-electron chi connectivity index (χ1n) is 7.13. The van der Waals surface area contributed by atoms with Crippen molar-refractivity contribution < 1.29 is 17.9 Å². The van der Waals surface area contributed by atoms with Gasteiger partial charge in [0.1, 0.15) is 0 Å². The first-order valence-corrected chi connectivity index (χ1v) is 8.74. The molecule has 130 valence electrons. The van der Waals surface area contributed by atoms with Crippen molar-refractivity contribution in [2.45, 2.75) is 6.42 Å². The maximum Gasteiger partial charge on any atom is 0.238 e. The van der Waals surface area contributed by atoms with Crippen LogP contribution in [-0.4, -0.2) is 53.4 Å². The number of carbonyl (C=O) groups is 1. The standard InChI is InChI=1S/C14H21N3O4S.ClH/c1-21-9-7-15-11-14(18)16-12-3-5-13(6-4-12)17-8-2-10-22(17,19)20;/h3-6,15H,2,7-11H2,1H3,(H,16,18);1H. The van der Waals surface area contributed by atoms with Crippen molar-refractivity contribution in [1.29, 1.82) is 0 Å². The van der Waals surface area contributed by atoms with Gasteiger partial charge in [0.05, 0.1) is 24.6 Å². The molecule has 0 spiro atoms. The summed E-state index contributed by atoms with van der Waals surface area (Å²) in [7, 11) is -1.57. The zero-order valence-electron chi connectivity index (χ0n) is 12.9. The van der Waals surface area contributed by atoms with Crippen molar-refractivity contribution >= 4 is 39.7 Å². The van der Waals surface area contributed by atoms with Gasteiger partial charge in [-0.15, -0.1) is 12.4 Å². The van der Waals surface area contributed by atoms with Crippen LogP contribution in [0, 0.1) is 0 Å². The van der Waals surface area contributed by atoms with E-state index in [1.54, 1.807) is 31.4 Å². The molecule has 0 aliphatic carbocycles. The van der Waals surface area contributed by atoms with Gasteiger partial charge in [-0.25, -0.2) is 8.42 Å². The molecule has 7 nitrogen and oxygen atoms in total. The molecule has 0 atom stereocenters. The lowest BCUT2D eigenvalue weighted by Crippen LogP contribution is -2.30. The fourth-order valence-electron chi connectivity index (χ4n) is 2.22. The molecule has 0 saturated carbocycles. The minimum atomic E-state index is -3.17. The SMILES string of the molecule is COCCNCC(=O)Nc1ccc(N2CCCS2(=O)=O)cc1.Cl. The molecule has 0 bridgehead atoms. The third-order valence-electron chi connectivity index (χ3n) is 3.31. The number of sulfonamides is 1. The van der Waals surface area contributed by atoms with E-state index in [1.807, 2.05) is 0 Å². The van der Waals surface area contributed by atoms with Crippen molar-refractivity contribution in [1.82, 2.24) is 5.32 Å². The van der Waals surface area contributed by atoms with E-state index >= 15 is 0 Å². The molecule has 1 aromatic carbocycles. The van der Waals surface area contributed by atoms with Gasteiger partial charge in [-0.3, -0.25) is 9.10 Å². The van der Waals surface area contributed by atoms with Crippen LogP contribution >= 0.6 is 12.4 Å². The van der Waals surface area contributed by atoms with Gasteiger partial charge in [-0.2, -0.15) is 0 Å². The Kier molecular flexibility index (Phi) is 7.77. The second kappa shape index (κ2) is 9.07. The highest BCUT2D eigenvalue weighted by Crippen LogP contribution is 2.25. The largest absolute Gasteiger partial charge is 0.383 e. The minimum absolute atomic E-state index is 0. The lowest BCUT2D eigenvalue weighted by atomic mass is 10.2. The number of hydrogen-bond donors (Lipinski definition) is 2. The van der Waals surface area contributed by atoms with Crippen LogP contribution in [0.15, 0.2) is 24.3 Å². The van der Waals surface area contributed by atoms with Gasteiger partial charge in [-0.05, 0) is 30.7 Å². The third kappa shape index (κ3) is 5.65. The third-order valence-corrected chi connectivity index (χ3v) is 5.18. The van der Waals surface area contributed by atoms with Crippen molar-refractivity contribution in [3.8, 4) is 0 Å². The highest BCUT2D eigenvalue weighted by Gasteiger charge is 2.28. The predicted octanol–water partition coefficient (Wildman–Crippen LogP) is 0.823. The van der Waals surface area contributed by atoms with Gasteiger partial charge < -0.3 is 15.4 Å². The normalized spacial score (nSPS) is 16.0. The van der Waals surface area contributed by atoms with Crippen LogP contribution < -0.4 is 14.9 Å². The first-order chi connectivity index (χ1) is 10.5. The van der Waals surface area contributed by atoms with Crippen LogP contribution in [0.4, 0.5) is 11.4 Å². The van der Waals surface area contributed by atoms with Crippen LogP contribution in [0.2, 0.25) is 0 Å². The molecule has 1 aliphatic heterocycles. The molecule has 1 aliphatic rings. The van der Waals surface area contributed by atoms with Crippen LogP contribution in [0.1, 0.15) is 6.42 Å². The van der Waals surface area contributed by atoms with Crippen LogP contribution in [0.25, 0.3) is 0 Å². The molecule has 0 unspecified atom stereocenters. The van der Waals surface area contributed by atoms with E-state index < -0.39 is 10.0 Å². The van der Waals surface area contributed by atoms with Crippen molar-refractivity contribution in [2.75, 3.05) is 48.7 Å². The lowest BCUT2D eigenvalue weighted by molar-refractivity contribution is -0.115. The number of anilines is 2. The molecular weight excluding hydrogens is 342 g/mol. The number of benzene rings is 1.